The molecule has 0 bridgehead atoms. The molecule has 13 heavy (non-hydrogen) atoms. The minimum atomic E-state index is -3.21. The third-order valence-electron chi connectivity index (χ3n) is 2.30. The summed E-state index contributed by atoms with van der Waals surface area (Å²) in [5.41, 5.74) is 0. The van der Waals surface area contributed by atoms with Gasteiger partial charge in [-0.15, -0.1) is 0 Å². The lowest BCUT2D eigenvalue weighted by Crippen LogP contribution is -2.37. The maximum atomic E-state index is 11.2. The van der Waals surface area contributed by atoms with E-state index in [1.807, 2.05) is 0 Å². The van der Waals surface area contributed by atoms with E-state index in [1.165, 1.54) is 4.31 Å². The van der Waals surface area contributed by atoms with E-state index < -0.39 is 10.0 Å². The van der Waals surface area contributed by atoms with E-state index in [1.54, 1.807) is 7.11 Å². The first-order valence-electron chi connectivity index (χ1n) is 4.09. The first-order chi connectivity index (χ1) is 5.99. The Morgan fingerprint density at radius 1 is 1.62 bits per heavy atom. The Hall–Kier alpha value is -0.170. The summed E-state index contributed by atoms with van der Waals surface area (Å²) >= 11 is 0. The van der Waals surface area contributed by atoms with Crippen molar-refractivity contribution in [2.75, 3.05) is 26.5 Å². The summed E-state index contributed by atoms with van der Waals surface area (Å²) in [7, 11) is -1.67. The minimum absolute atomic E-state index is 0.0909. The van der Waals surface area contributed by atoms with Gasteiger partial charge < -0.3 is 9.84 Å². The normalized spacial score (nSPS) is 31.0. The fourth-order valence-electron chi connectivity index (χ4n) is 1.59. The minimum Gasteiger partial charge on any atom is -0.395 e. The van der Waals surface area contributed by atoms with E-state index in [2.05, 4.69) is 0 Å². The molecule has 0 amide bonds. The largest absolute Gasteiger partial charge is 0.395 e. The van der Waals surface area contributed by atoms with Crippen LogP contribution >= 0.6 is 0 Å². The quantitative estimate of drug-likeness (QED) is 0.649. The van der Waals surface area contributed by atoms with Crippen LogP contribution in [0.4, 0.5) is 0 Å². The topological polar surface area (TPSA) is 66.8 Å². The van der Waals surface area contributed by atoms with Gasteiger partial charge in [0.05, 0.1) is 25.0 Å². The number of nitrogens with zero attached hydrogens (tertiary/aromatic N) is 1. The lowest BCUT2D eigenvalue weighted by atomic mass is 10.2. The van der Waals surface area contributed by atoms with Crippen molar-refractivity contribution >= 4 is 10.0 Å². The molecule has 1 rings (SSSR count). The molecule has 0 aromatic carbocycles. The number of rotatable bonds is 3. The zero-order valence-electron chi connectivity index (χ0n) is 7.80. The van der Waals surface area contributed by atoms with Gasteiger partial charge in [0.1, 0.15) is 0 Å². The number of sulfonamides is 1. The van der Waals surface area contributed by atoms with Gasteiger partial charge in [-0.1, -0.05) is 0 Å². The number of hydrogen-bond donors (Lipinski definition) is 1. The molecule has 0 aromatic rings. The highest BCUT2D eigenvalue weighted by atomic mass is 32.2. The summed E-state index contributed by atoms with van der Waals surface area (Å²) in [4.78, 5) is 0. The Morgan fingerprint density at radius 2 is 2.23 bits per heavy atom. The second-order valence-corrected chi connectivity index (χ2v) is 5.20. The fraction of sp³-hybridized carbons (Fsp3) is 1.00. The van der Waals surface area contributed by atoms with Gasteiger partial charge in [0.15, 0.2) is 0 Å². The van der Waals surface area contributed by atoms with Gasteiger partial charge in [-0.25, -0.2) is 8.42 Å². The maximum absolute atomic E-state index is 11.2. The van der Waals surface area contributed by atoms with Gasteiger partial charge in [0.25, 0.3) is 0 Å². The van der Waals surface area contributed by atoms with Crippen LogP contribution in [0.2, 0.25) is 0 Å². The molecule has 0 spiro atoms. The lowest BCUT2D eigenvalue weighted by Gasteiger charge is -2.19. The van der Waals surface area contributed by atoms with Crippen LogP contribution in [0.15, 0.2) is 0 Å². The van der Waals surface area contributed by atoms with E-state index in [0.717, 1.165) is 6.26 Å². The smallest absolute Gasteiger partial charge is 0.211 e. The fourth-order valence-corrected chi connectivity index (χ4v) is 2.72. The molecule has 0 radical (unpaired) electrons. The van der Waals surface area contributed by atoms with E-state index in [0.29, 0.717) is 13.0 Å². The third-order valence-corrected chi connectivity index (χ3v) is 3.60. The Kier molecular flexibility index (Phi) is 3.28. The van der Waals surface area contributed by atoms with Crippen LogP contribution in [0.25, 0.3) is 0 Å². The standard InChI is InChI=1S/C7H15NO4S/c1-12-7-3-6(5-9)8(4-7)13(2,10)11/h6-7,9H,3-5H2,1-2H3/t6-,7+/m0/s1. The van der Waals surface area contributed by atoms with Crippen molar-refractivity contribution in [3.05, 3.63) is 0 Å². The predicted octanol–water partition coefficient (Wildman–Crippen LogP) is -0.972. The van der Waals surface area contributed by atoms with Crippen molar-refractivity contribution in [1.82, 2.24) is 4.31 Å². The molecule has 6 heteroatoms. The van der Waals surface area contributed by atoms with Gasteiger partial charge >= 0.3 is 0 Å². The molecule has 5 nitrogen and oxygen atoms in total. The first kappa shape index (κ1) is 10.9. The predicted molar refractivity (Wildman–Crippen MR) is 47.8 cm³/mol. The SMILES string of the molecule is CO[C@@H]1C[C@@H](CO)N(S(C)(=O)=O)C1. The molecule has 1 saturated heterocycles. The summed E-state index contributed by atoms with van der Waals surface area (Å²) in [5, 5.41) is 8.95. The zero-order valence-corrected chi connectivity index (χ0v) is 8.62. The molecule has 0 saturated carbocycles. The molecule has 1 heterocycles. The molecule has 1 aliphatic rings. The molecule has 0 aromatic heterocycles. The van der Waals surface area contributed by atoms with Crippen LogP contribution in [0.5, 0.6) is 0 Å². The number of methoxy groups -OCH3 is 1. The summed E-state index contributed by atoms with van der Waals surface area (Å²) in [6.07, 6.45) is 1.63. The zero-order chi connectivity index (χ0) is 10.1. The monoisotopic (exact) mass is 209 g/mol. The number of aliphatic hydroxyl groups excluding tert-OH is 1. The van der Waals surface area contributed by atoms with E-state index in [9.17, 15) is 8.42 Å². The Morgan fingerprint density at radius 3 is 2.54 bits per heavy atom. The average molecular weight is 209 g/mol. The van der Waals surface area contributed by atoms with Crippen molar-refractivity contribution in [2.24, 2.45) is 0 Å². The van der Waals surface area contributed by atoms with Gasteiger partial charge in [0.2, 0.25) is 10.0 Å². The molecular formula is C7H15NO4S. The molecule has 2 atom stereocenters. The molecule has 0 unspecified atom stereocenters. The lowest BCUT2D eigenvalue weighted by molar-refractivity contribution is 0.113. The van der Waals surface area contributed by atoms with Gasteiger partial charge in [-0.3, -0.25) is 0 Å². The average Bonchev–Trinajstić information content (AvgIpc) is 2.46. The number of aliphatic hydroxyl groups is 1. The van der Waals surface area contributed by atoms with E-state index in [4.69, 9.17) is 9.84 Å². The van der Waals surface area contributed by atoms with Crippen molar-refractivity contribution in [3.63, 3.8) is 0 Å². The molecule has 1 N–H and O–H groups in total. The maximum Gasteiger partial charge on any atom is 0.211 e. The second kappa shape index (κ2) is 3.91. The summed E-state index contributed by atoms with van der Waals surface area (Å²) < 4.78 is 28.8. The van der Waals surface area contributed by atoms with Gasteiger partial charge in [0, 0.05) is 13.7 Å². The summed E-state index contributed by atoms with van der Waals surface area (Å²) in [6, 6.07) is -0.319. The van der Waals surface area contributed by atoms with E-state index in [-0.39, 0.29) is 18.8 Å². The highest BCUT2D eigenvalue weighted by Gasteiger charge is 2.36. The van der Waals surface area contributed by atoms with Crippen LogP contribution in [-0.4, -0.2) is 56.5 Å². The first-order valence-corrected chi connectivity index (χ1v) is 5.94. The van der Waals surface area contributed by atoms with Crippen LogP contribution in [0.1, 0.15) is 6.42 Å². The molecule has 1 fully saturated rings. The number of ether oxygens (including phenoxy) is 1. The van der Waals surface area contributed by atoms with Crippen LogP contribution in [0, 0.1) is 0 Å². The van der Waals surface area contributed by atoms with Gasteiger partial charge in [-0.2, -0.15) is 4.31 Å². The Labute approximate surface area is 78.4 Å². The Balaban J connectivity index is 2.75. The number of hydrogen-bond acceptors (Lipinski definition) is 4. The van der Waals surface area contributed by atoms with Crippen molar-refractivity contribution in [2.45, 2.75) is 18.6 Å². The van der Waals surface area contributed by atoms with Crippen molar-refractivity contribution in [1.29, 1.82) is 0 Å². The Bertz CT molecular complexity index is 264. The third kappa shape index (κ3) is 2.40. The van der Waals surface area contributed by atoms with Gasteiger partial charge in [-0.05, 0) is 6.42 Å². The summed E-state index contributed by atoms with van der Waals surface area (Å²) in [6.45, 7) is 0.202. The molecule has 1 aliphatic heterocycles. The molecule has 0 aliphatic carbocycles. The van der Waals surface area contributed by atoms with Crippen molar-refractivity contribution in [3.8, 4) is 0 Å². The molecular weight excluding hydrogens is 194 g/mol. The van der Waals surface area contributed by atoms with Crippen molar-refractivity contribution < 1.29 is 18.3 Å². The van der Waals surface area contributed by atoms with Crippen LogP contribution in [-0.2, 0) is 14.8 Å². The van der Waals surface area contributed by atoms with Crippen LogP contribution < -0.4 is 0 Å². The highest BCUT2D eigenvalue weighted by Crippen LogP contribution is 2.21. The van der Waals surface area contributed by atoms with E-state index >= 15 is 0 Å². The molecule has 78 valence electrons. The van der Waals surface area contributed by atoms with Crippen LogP contribution in [0.3, 0.4) is 0 Å². The summed E-state index contributed by atoms with van der Waals surface area (Å²) in [5.74, 6) is 0. The second-order valence-electron chi connectivity index (χ2n) is 3.26. The highest BCUT2D eigenvalue weighted by molar-refractivity contribution is 7.88.